The fourth-order valence-corrected chi connectivity index (χ4v) is 4.66. The molecule has 0 amide bonds. The van der Waals surface area contributed by atoms with Gasteiger partial charge in [0, 0.05) is 37.1 Å². The first-order chi connectivity index (χ1) is 13.2. The number of hydrogen-bond donors (Lipinski definition) is 3. The number of nitrogens with one attached hydrogen (secondary N) is 3. The van der Waals surface area contributed by atoms with Gasteiger partial charge >= 0.3 is 0 Å². The summed E-state index contributed by atoms with van der Waals surface area (Å²) < 4.78 is 0. The molecule has 7 heteroatoms. The van der Waals surface area contributed by atoms with Gasteiger partial charge in [-0.25, -0.2) is 9.97 Å². The summed E-state index contributed by atoms with van der Waals surface area (Å²) in [6, 6.07) is 4.08. The smallest absolute Gasteiger partial charge is 0.135 e. The Morgan fingerprint density at radius 2 is 1.96 bits per heavy atom. The van der Waals surface area contributed by atoms with Gasteiger partial charge in [0.15, 0.2) is 0 Å². The first kappa shape index (κ1) is 16.6. The summed E-state index contributed by atoms with van der Waals surface area (Å²) in [6.07, 6.45) is 10.9. The van der Waals surface area contributed by atoms with Crippen molar-refractivity contribution in [2.45, 2.75) is 37.6 Å². The molecule has 27 heavy (non-hydrogen) atoms. The lowest BCUT2D eigenvalue weighted by atomic mass is 10.1. The SMILES string of the molecule is CN[C@@]1(c2cc(Nc3cc(N4CCCC4)ncn3)c(C=N)cn2)CC12CC2. The molecule has 3 fully saturated rings. The van der Waals surface area contributed by atoms with Crippen molar-refractivity contribution in [3.8, 4) is 0 Å². The minimum atomic E-state index is -0.00360. The molecule has 1 spiro atoms. The van der Waals surface area contributed by atoms with Crippen molar-refractivity contribution in [1.29, 1.82) is 5.41 Å². The molecule has 2 saturated carbocycles. The van der Waals surface area contributed by atoms with Crippen LogP contribution in [0, 0.1) is 10.8 Å². The molecular weight excluding hydrogens is 338 g/mol. The number of hydrogen-bond acceptors (Lipinski definition) is 7. The molecule has 1 atom stereocenters. The number of nitrogens with zero attached hydrogens (tertiary/aromatic N) is 4. The largest absolute Gasteiger partial charge is 0.356 e. The predicted octanol–water partition coefficient (Wildman–Crippen LogP) is 2.81. The highest BCUT2D eigenvalue weighted by Gasteiger charge is 2.74. The van der Waals surface area contributed by atoms with Crippen molar-refractivity contribution < 1.29 is 0 Å². The number of anilines is 3. The fraction of sp³-hybridized carbons (Fsp3) is 0.500. The standard InChI is InChI=1S/C20H25N7/c1-22-20(12-19(20)4-5-19)16-8-15(14(10-21)11-23-16)26-17-9-18(25-13-24-17)27-6-2-3-7-27/h8-11,13,21-22H,2-7,12H2,1H3,(H,23,24,25,26)/t20-/m1/s1. The van der Waals surface area contributed by atoms with Crippen molar-refractivity contribution >= 4 is 23.5 Å². The molecule has 0 unspecified atom stereocenters. The molecule has 2 aromatic heterocycles. The zero-order chi connectivity index (χ0) is 18.5. The minimum Gasteiger partial charge on any atom is -0.356 e. The van der Waals surface area contributed by atoms with Crippen LogP contribution in [0.25, 0.3) is 0 Å². The van der Waals surface area contributed by atoms with Gasteiger partial charge in [0.1, 0.15) is 18.0 Å². The van der Waals surface area contributed by atoms with Gasteiger partial charge in [-0.15, -0.1) is 0 Å². The Morgan fingerprint density at radius 1 is 1.15 bits per heavy atom. The van der Waals surface area contributed by atoms with E-state index >= 15 is 0 Å². The van der Waals surface area contributed by atoms with Gasteiger partial charge in [-0.1, -0.05) is 0 Å². The third kappa shape index (κ3) is 2.60. The molecule has 2 aliphatic carbocycles. The van der Waals surface area contributed by atoms with Gasteiger partial charge in [-0.2, -0.15) is 0 Å². The summed E-state index contributed by atoms with van der Waals surface area (Å²) in [5.74, 6) is 1.71. The van der Waals surface area contributed by atoms with Gasteiger partial charge in [0.05, 0.1) is 16.9 Å². The van der Waals surface area contributed by atoms with Crippen molar-refractivity contribution in [3.63, 3.8) is 0 Å². The third-order valence-corrected chi connectivity index (χ3v) is 6.54. The number of aromatic nitrogens is 3. The summed E-state index contributed by atoms with van der Waals surface area (Å²) in [5, 5.41) is 14.7. The molecule has 1 aliphatic heterocycles. The Hall–Kier alpha value is -2.54. The second-order valence-corrected chi connectivity index (χ2v) is 7.99. The van der Waals surface area contributed by atoms with Crippen LogP contribution in [0.4, 0.5) is 17.3 Å². The Labute approximate surface area is 159 Å². The summed E-state index contributed by atoms with van der Waals surface area (Å²) in [4.78, 5) is 15.8. The Kier molecular flexibility index (Phi) is 3.69. The zero-order valence-corrected chi connectivity index (χ0v) is 15.6. The number of rotatable bonds is 6. The minimum absolute atomic E-state index is 0.00360. The molecule has 140 valence electrons. The highest BCUT2D eigenvalue weighted by molar-refractivity contribution is 5.87. The Bertz CT molecular complexity index is 886. The number of pyridine rings is 1. The van der Waals surface area contributed by atoms with Gasteiger partial charge in [-0.3, -0.25) is 4.98 Å². The van der Waals surface area contributed by atoms with Crippen LogP contribution in [-0.2, 0) is 5.54 Å². The van der Waals surface area contributed by atoms with Crippen LogP contribution in [0.3, 0.4) is 0 Å². The summed E-state index contributed by atoms with van der Waals surface area (Å²) in [6.45, 7) is 2.10. The van der Waals surface area contributed by atoms with Gasteiger partial charge in [0.2, 0.25) is 0 Å². The second-order valence-electron chi connectivity index (χ2n) is 7.99. The maximum absolute atomic E-state index is 7.74. The van der Waals surface area contributed by atoms with Crippen LogP contribution < -0.4 is 15.5 Å². The van der Waals surface area contributed by atoms with Crippen LogP contribution in [0.2, 0.25) is 0 Å². The molecule has 1 saturated heterocycles. The van der Waals surface area contributed by atoms with Crippen molar-refractivity contribution in [2.24, 2.45) is 5.41 Å². The maximum Gasteiger partial charge on any atom is 0.135 e. The maximum atomic E-state index is 7.74. The molecular formula is C20H25N7. The lowest BCUT2D eigenvalue weighted by Gasteiger charge is -2.19. The monoisotopic (exact) mass is 363 g/mol. The van der Waals surface area contributed by atoms with Crippen LogP contribution in [0.5, 0.6) is 0 Å². The lowest BCUT2D eigenvalue weighted by Crippen LogP contribution is -2.29. The van der Waals surface area contributed by atoms with E-state index in [0.29, 0.717) is 5.41 Å². The highest BCUT2D eigenvalue weighted by atomic mass is 15.2. The van der Waals surface area contributed by atoms with Gasteiger partial charge < -0.3 is 20.9 Å². The predicted molar refractivity (Wildman–Crippen MR) is 106 cm³/mol. The van der Waals surface area contributed by atoms with E-state index in [1.54, 1.807) is 12.5 Å². The van der Waals surface area contributed by atoms with Gasteiger partial charge in [-0.05, 0) is 50.6 Å². The van der Waals surface area contributed by atoms with Crippen LogP contribution in [0.1, 0.15) is 43.4 Å². The van der Waals surface area contributed by atoms with E-state index in [2.05, 4.69) is 36.6 Å². The van der Waals surface area contributed by atoms with E-state index in [0.717, 1.165) is 48.1 Å². The van der Waals surface area contributed by atoms with E-state index in [1.165, 1.54) is 31.9 Å². The van der Waals surface area contributed by atoms with Crippen molar-refractivity contribution in [1.82, 2.24) is 20.3 Å². The normalized spacial score (nSPS) is 24.9. The second kappa shape index (κ2) is 5.99. The molecule has 2 aromatic rings. The van der Waals surface area contributed by atoms with E-state index in [-0.39, 0.29) is 5.54 Å². The quantitative estimate of drug-likeness (QED) is 0.684. The molecule has 3 N–H and O–H groups in total. The zero-order valence-electron chi connectivity index (χ0n) is 15.6. The lowest BCUT2D eigenvalue weighted by molar-refractivity contribution is 0.501. The summed E-state index contributed by atoms with van der Waals surface area (Å²) in [5.41, 5.74) is 3.10. The van der Waals surface area contributed by atoms with Crippen molar-refractivity contribution in [3.05, 3.63) is 35.9 Å². The Balaban J connectivity index is 1.45. The summed E-state index contributed by atoms with van der Waals surface area (Å²) in [7, 11) is 2.03. The van der Waals surface area contributed by atoms with Gasteiger partial charge in [0.25, 0.3) is 0 Å². The molecule has 0 aromatic carbocycles. The first-order valence-corrected chi connectivity index (χ1v) is 9.74. The Morgan fingerprint density at radius 3 is 2.63 bits per heavy atom. The van der Waals surface area contributed by atoms with E-state index < -0.39 is 0 Å². The topological polar surface area (TPSA) is 89.8 Å². The van der Waals surface area contributed by atoms with Crippen LogP contribution >= 0.6 is 0 Å². The van der Waals surface area contributed by atoms with Crippen molar-refractivity contribution in [2.75, 3.05) is 30.4 Å². The summed E-state index contributed by atoms with van der Waals surface area (Å²) >= 11 is 0. The average molecular weight is 363 g/mol. The first-order valence-electron chi connectivity index (χ1n) is 9.74. The molecule has 3 aliphatic rings. The highest BCUT2D eigenvalue weighted by Crippen LogP contribution is 2.77. The van der Waals surface area contributed by atoms with E-state index in [9.17, 15) is 0 Å². The fourth-order valence-electron chi connectivity index (χ4n) is 4.66. The average Bonchev–Trinajstić information content (AvgIpc) is 3.54. The molecule has 0 bridgehead atoms. The molecule has 0 radical (unpaired) electrons. The third-order valence-electron chi connectivity index (χ3n) is 6.54. The molecule has 3 heterocycles. The van der Waals surface area contributed by atoms with E-state index in [4.69, 9.17) is 5.41 Å². The van der Waals surface area contributed by atoms with Crippen LogP contribution in [-0.4, -0.2) is 41.3 Å². The van der Waals surface area contributed by atoms with Crippen LogP contribution in [0.15, 0.2) is 24.7 Å². The molecule has 5 rings (SSSR count). The molecule has 7 nitrogen and oxygen atoms in total. The van der Waals surface area contributed by atoms with E-state index in [1.807, 2.05) is 13.1 Å².